The summed E-state index contributed by atoms with van der Waals surface area (Å²) in [4.78, 5) is 23.3. The molecule has 0 radical (unpaired) electrons. The fourth-order valence-electron chi connectivity index (χ4n) is 9.25. The third-order valence-corrected chi connectivity index (χ3v) is 10.8. The summed E-state index contributed by atoms with van der Waals surface area (Å²) < 4.78 is 11.2. The fraction of sp³-hybridized carbons (Fsp3) is 0.867. The highest BCUT2D eigenvalue weighted by atomic mass is 16.5. The van der Waals surface area contributed by atoms with Crippen LogP contribution < -0.4 is 5.73 Å². The summed E-state index contributed by atoms with van der Waals surface area (Å²) in [6, 6.07) is 0. The Bertz CT molecular complexity index is 821. The Morgan fingerprint density at radius 1 is 1.09 bits per heavy atom. The molecular weight excluding hydrogens is 438 g/mol. The number of primary amides is 1. The van der Waals surface area contributed by atoms with Gasteiger partial charge in [-0.05, 0) is 85.9 Å². The van der Waals surface area contributed by atoms with Crippen molar-refractivity contribution in [3.05, 3.63) is 11.6 Å². The first kappa shape index (κ1) is 26.5. The number of esters is 1. The van der Waals surface area contributed by atoms with Crippen LogP contribution in [-0.4, -0.2) is 24.8 Å². The summed E-state index contributed by atoms with van der Waals surface area (Å²) in [7, 11) is 0. The minimum Gasteiger partial charge on any atom is -0.462 e. The van der Waals surface area contributed by atoms with Gasteiger partial charge in [-0.1, -0.05) is 58.6 Å². The lowest BCUT2D eigenvalue weighted by atomic mass is 9.46. The molecule has 35 heavy (non-hydrogen) atoms. The van der Waals surface area contributed by atoms with Crippen LogP contribution in [0.15, 0.2) is 11.6 Å². The van der Waals surface area contributed by atoms with Gasteiger partial charge in [0.2, 0.25) is 0 Å². The molecule has 0 spiro atoms. The number of carbonyl (C=O) groups is 2. The molecule has 0 aromatic carbocycles. The zero-order valence-electron chi connectivity index (χ0n) is 22.8. The molecule has 1 amide bonds. The molecule has 0 bridgehead atoms. The first-order valence-corrected chi connectivity index (χ1v) is 14.4. The van der Waals surface area contributed by atoms with Crippen molar-refractivity contribution in [2.45, 2.75) is 111 Å². The van der Waals surface area contributed by atoms with E-state index in [2.05, 4.69) is 33.8 Å². The van der Waals surface area contributed by atoms with Gasteiger partial charge in [-0.2, -0.15) is 0 Å². The van der Waals surface area contributed by atoms with Gasteiger partial charge in [0.1, 0.15) is 12.7 Å². The van der Waals surface area contributed by atoms with Crippen LogP contribution in [0.1, 0.15) is 105 Å². The summed E-state index contributed by atoms with van der Waals surface area (Å²) >= 11 is 0. The summed E-state index contributed by atoms with van der Waals surface area (Å²) in [5.41, 5.74) is 7.08. The Balaban J connectivity index is 1.54. The minimum atomic E-state index is -0.681. The van der Waals surface area contributed by atoms with Crippen molar-refractivity contribution >= 4 is 12.1 Å². The van der Waals surface area contributed by atoms with Gasteiger partial charge in [0.15, 0.2) is 0 Å². The van der Waals surface area contributed by atoms with Crippen LogP contribution in [0.5, 0.6) is 0 Å². The number of allylic oxidation sites excluding steroid dienone is 1. The molecule has 2 N–H and O–H groups in total. The number of hydrogen-bond donors (Lipinski definition) is 1. The van der Waals surface area contributed by atoms with Crippen molar-refractivity contribution in [2.24, 2.45) is 52.1 Å². The second-order valence-corrected chi connectivity index (χ2v) is 13.1. The highest BCUT2D eigenvalue weighted by molar-refractivity contribution is 5.66. The van der Waals surface area contributed by atoms with Gasteiger partial charge in [-0.25, -0.2) is 4.79 Å². The summed E-state index contributed by atoms with van der Waals surface area (Å²) in [5, 5.41) is 0. The van der Waals surface area contributed by atoms with Gasteiger partial charge < -0.3 is 15.2 Å². The zero-order valence-corrected chi connectivity index (χ0v) is 22.8. The van der Waals surface area contributed by atoms with Crippen LogP contribution in [0.4, 0.5) is 4.79 Å². The monoisotopic (exact) mass is 487 g/mol. The fourth-order valence-corrected chi connectivity index (χ4v) is 9.25. The van der Waals surface area contributed by atoms with E-state index >= 15 is 0 Å². The second-order valence-electron chi connectivity index (χ2n) is 13.1. The predicted molar refractivity (Wildman–Crippen MR) is 138 cm³/mol. The predicted octanol–water partition coefficient (Wildman–Crippen LogP) is 7.03. The van der Waals surface area contributed by atoms with E-state index in [0.29, 0.717) is 23.9 Å². The van der Waals surface area contributed by atoms with E-state index in [4.69, 9.17) is 15.2 Å². The second kappa shape index (κ2) is 10.5. The molecule has 4 aliphatic rings. The molecule has 4 aliphatic carbocycles. The van der Waals surface area contributed by atoms with Crippen LogP contribution >= 0.6 is 0 Å². The largest absolute Gasteiger partial charge is 0.462 e. The molecule has 3 saturated carbocycles. The first-order valence-electron chi connectivity index (χ1n) is 14.4. The summed E-state index contributed by atoms with van der Waals surface area (Å²) in [5.74, 6) is 4.11. The lowest BCUT2D eigenvalue weighted by Crippen LogP contribution is -2.54. The average molecular weight is 488 g/mol. The highest BCUT2D eigenvalue weighted by Gasteiger charge is 2.60. The van der Waals surface area contributed by atoms with Crippen molar-refractivity contribution in [3.8, 4) is 0 Å². The standard InChI is InChI=1S/C30H49NO4/c1-19(2)7-6-8-20(3)25-11-12-26-24-10-9-22-17-23(35-21(4)32)13-16-30(22,18-34-28(31)33)27(24)14-15-29(25,26)5/h9,19-20,23-27H,6-8,10-18H2,1-5H3,(H2,31,33)/t20-,23+,24+,25-,26+,27+,29-,30-/m1/s1. The molecular formula is C30H49NO4. The molecule has 0 unspecified atom stereocenters. The van der Waals surface area contributed by atoms with Crippen LogP contribution in [0.25, 0.3) is 0 Å². The molecule has 5 nitrogen and oxygen atoms in total. The van der Waals surface area contributed by atoms with E-state index < -0.39 is 6.09 Å². The molecule has 4 rings (SSSR count). The van der Waals surface area contributed by atoms with Crippen molar-refractivity contribution in [3.63, 3.8) is 0 Å². The van der Waals surface area contributed by atoms with Crippen LogP contribution in [0, 0.1) is 46.3 Å². The maximum atomic E-state index is 11.7. The highest BCUT2D eigenvalue weighted by Crippen LogP contribution is 2.67. The number of nitrogens with two attached hydrogens (primary N) is 1. The molecule has 0 aromatic heterocycles. The van der Waals surface area contributed by atoms with Gasteiger partial charge in [0.25, 0.3) is 0 Å². The number of fused-ring (bicyclic) bond motifs is 5. The molecule has 0 saturated heterocycles. The molecule has 3 fully saturated rings. The van der Waals surface area contributed by atoms with Gasteiger partial charge >= 0.3 is 12.1 Å². The van der Waals surface area contributed by atoms with E-state index in [-0.39, 0.29) is 17.5 Å². The Morgan fingerprint density at radius 3 is 2.54 bits per heavy atom. The van der Waals surface area contributed by atoms with Gasteiger partial charge in [-0.15, -0.1) is 0 Å². The molecule has 0 aromatic rings. The molecule has 8 atom stereocenters. The van der Waals surface area contributed by atoms with E-state index in [1.54, 1.807) is 0 Å². The Labute approximate surface area is 212 Å². The average Bonchev–Trinajstić information content (AvgIpc) is 3.14. The maximum absolute atomic E-state index is 11.7. The van der Waals surface area contributed by atoms with Crippen molar-refractivity contribution in [1.82, 2.24) is 0 Å². The van der Waals surface area contributed by atoms with Crippen LogP contribution in [-0.2, 0) is 14.3 Å². The molecule has 5 heteroatoms. The van der Waals surface area contributed by atoms with Crippen LogP contribution in [0.2, 0.25) is 0 Å². The number of amides is 1. The van der Waals surface area contributed by atoms with Gasteiger partial charge in [0.05, 0.1) is 0 Å². The smallest absolute Gasteiger partial charge is 0.404 e. The Hall–Kier alpha value is -1.52. The van der Waals surface area contributed by atoms with E-state index in [1.165, 1.54) is 57.4 Å². The number of rotatable bonds is 8. The van der Waals surface area contributed by atoms with Crippen molar-refractivity contribution < 1.29 is 19.1 Å². The summed E-state index contributed by atoms with van der Waals surface area (Å²) in [6.07, 6.45) is 14.5. The molecule has 198 valence electrons. The topological polar surface area (TPSA) is 78.6 Å². The number of carbonyl (C=O) groups excluding carboxylic acids is 2. The third-order valence-electron chi connectivity index (χ3n) is 10.8. The minimum absolute atomic E-state index is 0.0617. The summed E-state index contributed by atoms with van der Waals surface area (Å²) in [6.45, 7) is 11.7. The SMILES string of the molecule is CC(=O)O[C@H]1CC[C@@]2(COC(N)=O)C(=CC[C@@H]3[C@@H]2CC[C@]2(C)[C@@H]([C@H](C)CCCC(C)C)CC[C@@H]32)C1. The Kier molecular flexibility index (Phi) is 7.93. The van der Waals surface area contributed by atoms with Gasteiger partial charge in [0, 0.05) is 18.8 Å². The lowest BCUT2D eigenvalue weighted by molar-refractivity contribution is -0.149. The van der Waals surface area contributed by atoms with Crippen LogP contribution in [0.3, 0.4) is 0 Å². The van der Waals surface area contributed by atoms with E-state index in [0.717, 1.165) is 49.4 Å². The number of hydrogen-bond acceptors (Lipinski definition) is 4. The maximum Gasteiger partial charge on any atom is 0.404 e. The normalized spacial score (nSPS) is 39.1. The van der Waals surface area contributed by atoms with Gasteiger partial charge in [-0.3, -0.25) is 4.79 Å². The Morgan fingerprint density at radius 2 is 1.86 bits per heavy atom. The lowest BCUT2D eigenvalue weighted by Gasteiger charge is -2.59. The first-order chi connectivity index (χ1) is 16.6. The molecule has 0 aliphatic heterocycles. The zero-order chi connectivity index (χ0) is 25.4. The molecule has 0 heterocycles. The van der Waals surface area contributed by atoms with Crippen molar-refractivity contribution in [1.29, 1.82) is 0 Å². The van der Waals surface area contributed by atoms with E-state index in [9.17, 15) is 9.59 Å². The van der Waals surface area contributed by atoms with E-state index in [1.807, 2.05) is 0 Å². The quantitative estimate of drug-likeness (QED) is 0.294. The number of ether oxygens (including phenoxy) is 2. The third kappa shape index (κ3) is 5.16. The van der Waals surface area contributed by atoms with Crippen molar-refractivity contribution in [2.75, 3.05) is 6.61 Å².